The summed E-state index contributed by atoms with van der Waals surface area (Å²) in [5.41, 5.74) is 1.08. The van der Waals surface area contributed by atoms with Gasteiger partial charge in [-0.15, -0.1) is 10.2 Å². The molecule has 1 aromatic carbocycles. The van der Waals surface area contributed by atoms with E-state index in [9.17, 15) is 13.6 Å². The lowest BCUT2D eigenvalue weighted by molar-refractivity contribution is 0.102. The van der Waals surface area contributed by atoms with Crippen LogP contribution in [0.3, 0.4) is 0 Å². The van der Waals surface area contributed by atoms with E-state index in [1.165, 1.54) is 5.51 Å². The minimum Gasteiger partial charge on any atom is -0.381 e. The van der Waals surface area contributed by atoms with E-state index in [4.69, 9.17) is 0 Å². The molecular formula is C11H10F2N4OS. The van der Waals surface area contributed by atoms with Crippen LogP contribution in [0.5, 0.6) is 0 Å². The van der Waals surface area contributed by atoms with Crippen molar-refractivity contribution < 1.29 is 13.6 Å². The summed E-state index contributed by atoms with van der Waals surface area (Å²) in [5, 5.41) is 12.4. The van der Waals surface area contributed by atoms with Gasteiger partial charge in [0.05, 0.1) is 0 Å². The molecule has 0 aliphatic heterocycles. The number of benzene rings is 1. The first-order valence-corrected chi connectivity index (χ1v) is 6.30. The molecule has 0 radical (unpaired) electrons. The SMILES string of the molecule is CCNc1c(F)cc(C(=O)Nc2nncs2)cc1F. The normalized spacial score (nSPS) is 10.3. The van der Waals surface area contributed by atoms with E-state index in [0.717, 1.165) is 23.5 Å². The molecule has 1 aromatic heterocycles. The van der Waals surface area contributed by atoms with Crippen LogP contribution in [0.15, 0.2) is 17.6 Å². The molecule has 19 heavy (non-hydrogen) atoms. The molecule has 0 saturated heterocycles. The quantitative estimate of drug-likeness (QED) is 0.905. The Morgan fingerprint density at radius 3 is 2.58 bits per heavy atom. The summed E-state index contributed by atoms with van der Waals surface area (Å²) in [6, 6.07) is 1.94. The molecule has 1 heterocycles. The fourth-order valence-electron chi connectivity index (χ4n) is 1.45. The van der Waals surface area contributed by atoms with Crippen LogP contribution >= 0.6 is 11.3 Å². The number of nitrogens with zero attached hydrogens (tertiary/aromatic N) is 2. The zero-order chi connectivity index (χ0) is 13.8. The number of hydrogen-bond donors (Lipinski definition) is 2. The molecule has 1 amide bonds. The van der Waals surface area contributed by atoms with Crippen molar-refractivity contribution in [3.63, 3.8) is 0 Å². The van der Waals surface area contributed by atoms with Gasteiger partial charge in [-0.2, -0.15) is 0 Å². The van der Waals surface area contributed by atoms with Crippen molar-refractivity contribution in [2.75, 3.05) is 17.2 Å². The Hall–Kier alpha value is -2.09. The van der Waals surface area contributed by atoms with Gasteiger partial charge in [0.1, 0.15) is 22.8 Å². The second-order valence-corrected chi connectivity index (χ2v) is 4.38. The Morgan fingerprint density at radius 1 is 1.37 bits per heavy atom. The highest BCUT2D eigenvalue weighted by molar-refractivity contribution is 7.13. The zero-order valence-electron chi connectivity index (χ0n) is 9.91. The highest BCUT2D eigenvalue weighted by Gasteiger charge is 2.15. The van der Waals surface area contributed by atoms with Crippen molar-refractivity contribution in [2.24, 2.45) is 0 Å². The van der Waals surface area contributed by atoms with E-state index in [-0.39, 0.29) is 16.4 Å². The van der Waals surface area contributed by atoms with Gasteiger partial charge in [-0.05, 0) is 19.1 Å². The monoisotopic (exact) mass is 284 g/mol. The predicted octanol–water partition coefficient (Wildman–Crippen LogP) is 2.50. The number of rotatable bonds is 4. The largest absolute Gasteiger partial charge is 0.381 e. The number of carbonyl (C=O) groups is 1. The predicted molar refractivity (Wildman–Crippen MR) is 68.4 cm³/mol. The molecule has 0 saturated carbocycles. The number of nitrogens with one attached hydrogen (secondary N) is 2. The van der Waals surface area contributed by atoms with Gasteiger partial charge in [0.25, 0.3) is 5.91 Å². The Kier molecular flexibility index (Phi) is 4.00. The van der Waals surface area contributed by atoms with Crippen LogP contribution < -0.4 is 10.6 Å². The molecule has 0 aliphatic carbocycles. The molecule has 0 bridgehead atoms. The van der Waals surface area contributed by atoms with Crippen LogP contribution in [0.25, 0.3) is 0 Å². The second-order valence-electron chi connectivity index (χ2n) is 3.54. The third kappa shape index (κ3) is 3.02. The number of halogens is 2. The van der Waals surface area contributed by atoms with Gasteiger partial charge in [0.15, 0.2) is 0 Å². The van der Waals surface area contributed by atoms with Gasteiger partial charge in [-0.25, -0.2) is 8.78 Å². The molecule has 0 fully saturated rings. The first kappa shape index (κ1) is 13.3. The van der Waals surface area contributed by atoms with Gasteiger partial charge < -0.3 is 5.32 Å². The van der Waals surface area contributed by atoms with Gasteiger partial charge in [-0.3, -0.25) is 10.1 Å². The van der Waals surface area contributed by atoms with E-state index in [1.54, 1.807) is 6.92 Å². The smallest absolute Gasteiger partial charge is 0.257 e. The Bertz CT molecular complexity index is 565. The molecule has 5 nitrogen and oxygen atoms in total. The second kappa shape index (κ2) is 5.70. The van der Waals surface area contributed by atoms with E-state index < -0.39 is 17.5 Å². The number of anilines is 2. The van der Waals surface area contributed by atoms with E-state index in [1.807, 2.05) is 0 Å². The molecule has 0 aliphatic rings. The molecular weight excluding hydrogens is 274 g/mol. The first-order valence-electron chi connectivity index (χ1n) is 5.42. The Balaban J connectivity index is 2.23. The van der Waals surface area contributed by atoms with Crippen LogP contribution in [-0.2, 0) is 0 Å². The molecule has 8 heteroatoms. The van der Waals surface area contributed by atoms with Gasteiger partial charge in [0, 0.05) is 12.1 Å². The maximum atomic E-state index is 13.6. The van der Waals surface area contributed by atoms with Crippen molar-refractivity contribution in [1.82, 2.24) is 10.2 Å². The highest BCUT2D eigenvalue weighted by atomic mass is 32.1. The Labute approximate surface area is 111 Å². The standard InChI is InChI=1S/C11H10F2N4OS/c1-2-14-9-7(12)3-6(4-8(9)13)10(18)16-11-17-15-5-19-11/h3-5,14H,2H2,1H3,(H,16,17,18). The van der Waals surface area contributed by atoms with E-state index >= 15 is 0 Å². The van der Waals surface area contributed by atoms with Crippen LogP contribution in [0.2, 0.25) is 0 Å². The van der Waals surface area contributed by atoms with Crippen LogP contribution in [0.1, 0.15) is 17.3 Å². The number of amides is 1. The fraction of sp³-hybridized carbons (Fsp3) is 0.182. The van der Waals surface area contributed by atoms with Crippen molar-refractivity contribution in [3.8, 4) is 0 Å². The molecule has 0 spiro atoms. The molecule has 100 valence electrons. The lowest BCUT2D eigenvalue weighted by atomic mass is 10.1. The molecule has 0 atom stereocenters. The summed E-state index contributed by atoms with van der Waals surface area (Å²) in [6.07, 6.45) is 0. The summed E-state index contributed by atoms with van der Waals surface area (Å²) < 4.78 is 27.3. The third-order valence-corrected chi connectivity index (χ3v) is 2.85. The topological polar surface area (TPSA) is 66.9 Å². The molecule has 2 N–H and O–H groups in total. The van der Waals surface area contributed by atoms with Gasteiger partial charge in [0.2, 0.25) is 5.13 Å². The molecule has 0 unspecified atom stereocenters. The van der Waals surface area contributed by atoms with Crippen LogP contribution in [0, 0.1) is 11.6 Å². The van der Waals surface area contributed by atoms with Crippen molar-refractivity contribution in [3.05, 3.63) is 34.8 Å². The molecule has 2 rings (SSSR count). The average molecular weight is 284 g/mol. The summed E-state index contributed by atoms with van der Waals surface area (Å²) >= 11 is 1.11. The van der Waals surface area contributed by atoms with Crippen molar-refractivity contribution in [1.29, 1.82) is 0 Å². The Morgan fingerprint density at radius 2 is 2.05 bits per heavy atom. The lowest BCUT2D eigenvalue weighted by Crippen LogP contribution is -2.13. The number of hydrogen-bond acceptors (Lipinski definition) is 5. The van der Waals surface area contributed by atoms with Crippen molar-refractivity contribution >= 4 is 28.1 Å². The summed E-state index contributed by atoms with van der Waals surface area (Å²) in [5.74, 6) is -2.27. The lowest BCUT2D eigenvalue weighted by Gasteiger charge is -2.08. The van der Waals surface area contributed by atoms with Gasteiger partial charge in [-0.1, -0.05) is 11.3 Å². The van der Waals surface area contributed by atoms with Crippen LogP contribution in [-0.4, -0.2) is 22.6 Å². The summed E-state index contributed by atoms with van der Waals surface area (Å²) in [6.45, 7) is 2.10. The number of aromatic nitrogens is 2. The minimum atomic E-state index is -0.815. The van der Waals surface area contributed by atoms with E-state index in [0.29, 0.717) is 6.54 Å². The highest BCUT2D eigenvalue weighted by Crippen LogP contribution is 2.21. The maximum absolute atomic E-state index is 13.6. The summed E-state index contributed by atoms with van der Waals surface area (Å²) in [7, 11) is 0. The fourth-order valence-corrected chi connectivity index (χ4v) is 1.89. The summed E-state index contributed by atoms with van der Waals surface area (Å²) in [4.78, 5) is 11.8. The van der Waals surface area contributed by atoms with Gasteiger partial charge >= 0.3 is 0 Å². The van der Waals surface area contributed by atoms with Crippen LogP contribution in [0.4, 0.5) is 19.6 Å². The molecule has 2 aromatic rings. The van der Waals surface area contributed by atoms with Crippen molar-refractivity contribution in [2.45, 2.75) is 6.92 Å². The van der Waals surface area contributed by atoms with E-state index in [2.05, 4.69) is 20.8 Å². The minimum absolute atomic E-state index is 0.119. The third-order valence-electron chi connectivity index (χ3n) is 2.24. The number of carbonyl (C=O) groups excluding carboxylic acids is 1. The first-order chi connectivity index (χ1) is 9.11. The average Bonchev–Trinajstić information content (AvgIpc) is 2.86. The zero-order valence-corrected chi connectivity index (χ0v) is 10.7. The maximum Gasteiger partial charge on any atom is 0.257 e.